The minimum absolute atomic E-state index is 0.214. The summed E-state index contributed by atoms with van der Waals surface area (Å²) in [5, 5.41) is 5.15. The zero-order valence-electron chi connectivity index (χ0n) is 20.1. The van der Waals surface area contributed by atoms with Gasteiger partial charge in [0.1, 0.15) is 18.0 Å². The van der Waals surface area contributed by atoms with Crippen molar-refractivity contribution in [2.75, 3.05) is 25.6 Å². The van der Waals surface area contributed by atoms with Crippen molar-refractivity contribution < 1.29 is 22.6 Å². The Labute approximate surface area is 214 Å². The zero-order valence-corrected chi connectivity index (χ0v) is 20.9. The summed E-state index contributed by atoms with van der Waals surface area (Å²) < 4.78 is 46.3. The summed E-state index contributed by atoms with van der Waals surface area (Å²) in [4.78, 5) is 9.20. The van der Waals surface area contributed by atoms with Crippen molar-refractivity contribution >= 4 is 26.7 Å². The smallest absolute Gasteiger partial charge is 0.241 e. The number of hydrogen-bond acceptors (Lipinski definition) is 8. The third kappa shape index (κ3) is 4.76. The number of anilines is 1. The molecule has 4 aromatic rings. The third-order valence-electron chi connectivity index (χ3n) is 6.75. The van der Waals surface area contributed by atoms with Crippen LogP contribution >= 0.6 is 0 Å². The van der Waals surface area contributed by atoms with Crippen molar-refractivity contribution in [1.82, 2.24) is 14.7 Å². The molecule has 2 N–H and O–H groups in total. The number of ether oxygens (including phenoxy) is 3. The van der Waals surface area contributed by atoms with Gasteiger partial charge in [0.2, 0.25) is 16.0 Å². The Bertz CT molecular complexity index is 1530. The maximum Gasteiger partial charge on any atom is 0.241 e. The van der Waals surface area contributed by atoms with Crippen LogP contribution in [-0.4, -0.2) is 63.0 Å². The molecular weight excluding hydrogens is 492 g/mol. The molecule has 0 amide bonds. The minimum Gasteiger partial charge on any atom is -0.497 e. The van der Waals surface area contributed by atoms with E-state index in [0.29, 0.717) is 12.6 Å². The van der Waals surface area contributed by atoms with Crippen LogP contribution in [0.3, 0.4) is 0 Å². The summed E-state index contributed by atoms with van der Waals surface area (Å²) in [6, 6.07) is 21.5. The Kier molecular flexibility index (Phi) is 6.25. The van der Waals surface area contributed by atoms with E-state index in [4.69, 9.17) is 14.2 Å². The van der Waals surface area contributed by atoms with Crippen molar-refractivity contribution in [1.29, 1.82) is 0 Å². The van der Waals surface area contributed by atoms with Crippen molar-refractivity contribution in [3.8, 4) is 17.0 Å². The van der Waals surface area contributed by atoms with E-state index in [1.807, 2.05) is 60.7 Å². The van der Waals surface area contributed by atoms with Gasteiger partial charge < -0.3 is 19.5 Å². The fourth-order valence-electron chi connectivity index (χ4n) is 4.84. The lowest BCUT2D eigenvalue weighted by molar-refractivity contribution is 0.0690. The van der Waals surface area contributed by atoms with Crippen molar-refractivity contribution in [3.05, 3.63) is 79.0 Å². The van der Waals surface area contributed by atoms with E-state index >= 15 is 0 Å². The predicted molar refractivity (Wildman–Crippen MR) is 139 cm³/mol. The van der Waals surface area contributed by atoms with Crippen LogP contribution in [0.15, 0.2) is 83.9 Å². The molecular formula is C27H26N4O5S. The normalized spacial score (nSPS) is 23.2. The Morgan fingerprint density at radius 3 is 2.41 bits per heavy atom. The Balaban J connectivity index is 1.14. The first-order chi connectivity index (χ1) is 18.0. The number of nitrogens with one attached hydrogen (secondary N) is 2. The van der Waals surface area contributed by atoms with E-state index in [9.17, 15) is 8.42 Å². The lowest BCUT2D eigenvalue weighted by Crippen LogP contribution is -2.44. The predicted octanol–water partition coefficient (Wildman–Crippen LogP) is 3.23. The molecule has 10 heteroatoms. The van der Waals surface area contributed by atoms with E-state index in [-0.39, 0.29) is 23.6 Å². The standard InChI is InChI=1S/C27H26N4O5S/c1-34-20-9-6-18(7-10-20)22-12-13-28-27(29-22)30-23-15-35-26-24(16-36-25(23)26)31-37(32,33)21-11-8-17-4-2-3-5-19(17)14-21/h2-14,23-26,31H,15-16H2,1H3,(H,28,29,30). The molecule has 0 aliphatic carbocycles. The molecule has 190 valence electrons. The second-order valence-corrected chi connectivity index (χ2v) is 10.8. The lowest BCUT2D eigenvalue weighted by Gasteiger charge is -2.18. The molecule has 2 fully saturated rings. The van der Waals surface area contributed by atoms with Gasteiger partial charge in [0.05, 0.1) is 43.0 Å². The molecule has 2 aliphatic rings. The molecule has 6 rings (SSSR count). The number of rotatable bonds is 7. The van der Waals surface area contributed by atoms with E-state index < -0.39 is 22.2 Å². The molecule has 0 spiro atoms. The summed E-state index contributed by atoms with van der Waals surface area (Å²) in [5.74, 6) is 1.22. The van der Waals surface area contributed by atoms with Crippen LogP contribution in [0, 0.1) is 0 Å². The highest BCUT2D eigenvalue weighted by Crippen LogP contribution is 2.30. The van der Waals surface area contributed by atoms with E-state index in [2.05, 4.69) is 20.0 Å². The van der Waals surface area contributed by atoms with Gasteiger partial charge in [0.15, 0.2) is 0 Å². The van der Waals surface area contributed by atoms with Gasteiger partial charge in [-0.15, -0.1) is 0 Å². The van der Waals surface area contributed by atoms with Gasteiger partial charge >= 0.3 is 0 Å². The first-order valence-electron chi connectivity index (χ1n) is 12.0. The first kappa shape index (κ1) is 23.8. The molecule has 3 heterocycles. The van der Waals surface area contributed by atoms with Gasteiger partial charge in [-0.05, 0) is 53.2 Å². The van der Waals surface area contributed by atoms with Crippen molar-refractivity contribution in [2.24, 2.45) is 0 Å². The highest BCUT2D eigenvalue weighted by molar-refractivity contribution is 7.89. The summed E-state index contributed by atoms with van der Waals surface area (Å²) >= 11 is 0. The summed E-state index contributed by atoms with van der Waals surface area (Å²) in [5.41, 5.74) is 1.70. The molecule has 4 unspecified atom stereocenters. The van der Waals surface area contributed by atoms with Gasteiger partial charge in [0, 0.05) is 11.8 Å². The van der Waals surface area contributed by atoms with Crippen LogP contribution in [0.25, 0.3) is 22.0 Å². The Morgan fingerprint density at radius 2 is 1.62 bits per heavy atom. The van der Waals surface area contributed by atoms with Gasteiger partial charge in [0.25, 0.3) is 0 Å². The van der Waals surface area contributed by atoms with Crippen LogP contribution in [0.2, 0.25) is 0 Å². The number of methoxy groups -OCH3 is 1. The van der Waals surface area contributed by atoms with Crippen molar-refractivity contribution in [2.45, 2.75) is 29.2 Å². The second-order valence-electron chi connectivity index (χ2n) is 9.08. The molecule has 0 bridgehead atoms. The van der Waals surface area contributed by atoms with Crippen LogP contribution < -0.4 is 14.8 Å². The number of sulfonamides is 1. The molecule has 0 saturated carbocycles. The minimum atomic E-state index is -3.76. The Hall–Kier alpha value is -3.57. The zero-order chi connectivity index (χ0) is 25.4. The molecule has 4 atom stereocenters. The van der Waals surface area contributed by atoms with E-state index in [1.165, 1.54) is 0 Å². The summed E-state index contributed by atoms with van der Waals surface area (Å²) in [7, 11) is -2.13. The summed E-state index contributed by atoms with van der Waals surface area (Å²) in [6.45, 7) is 0.562. The number of fused-ring (bicyclic) bond motifs is 2. The number of hydrogen-bond donors (Lipinski definition) is 2. The quantitative estimate of drug-likeness (QED) is 0.384. The van der Waals surface area contributed by atoms with Gasteiger partial charge in [-0.2, -0.15) is 0 Å². The molecule has 2 saturated heterocycles. The second kappa shape index (κ2) is 9.71. The number of aromatic nitrogens is 2. The third-order valence-corrected chi connectivity index (χ3v) is 8.23. The van der Waals surface area contributed by atoms with Gasteiger partial charge in [-0.25, -0.2) is 23.1 Å². The van der Waals surface area contributed by atoms with Crippen molar-refractivity contribution in [3.63, 3.8) is 0 Å². The molecule has 3 aromatic carbocycles. The largest absolute Gasteiger partial charge is 0.497 e. The maximum atomic E-state index is 13.1. The van der Waals surface area contributed by atoms with Crippen LogP contribution in [-0.2, 0) is 19.5 Å². The molecule has 1 aromatic heterocycles. The maximum absolute atomic E-state index is 13.1. The van der Waals surface area contributed by atoms with Gasteiger partial charge in [-0.1, -0.05) is 30.3 Å². The van der Waals surface area contributed by atoms with Gasteiger partial charge in [-0.3, -0.25) is 0 Å². The summed E-state index contributed by atoms with van der Waals surface area (Å²) in [6.07, 6.45) is 0.938. The molecule has 9 nitrogen and oxygen atoms in total. The number of nitrogens with zero attached hydrogens (tertiary/aromatic N) is 2. The van der Waals surface area contributed by atoms with Crippen LogP contribution in [0.4, 0.5) is 5.95 Å². The monoisotopic (exact) mass is 518 g/mol. The lowest BCUT2D eigenvalue weighted by atomic mass is 10.1. The SMILES string of the molecule is COc1ccc(-c2ccnc(NC3COC4C(NS(=O)(=O)c5ccc6ccccc6c5)COC34)n2)cc1. The Morgan fingerprint density at radius 1 is 0.892 bits per heavy atom. The van der Waals surface area contributed by atoms with Crippen LogP contribution in [0.5, 0.6) is 5.75 Å². The molecule has 0 radical (unpaired) electrons. The average molecular weight is 519 g/mol. The van der Waals surface area contributed by atoms with E-state index in [0.717, 1.165) is 27.8 Å². The fraction of sp³-hybridized carbons (Fsp3) is 0.259. The fourth-order valence-corrected chi connectivity index (χ4v) is 6.11. The highest BCUT2D eigenvalue weighted by Gasteiger charge is 2.49. The van der Waals surface area contributed by atoms with E-state index in [1.54, 1.807) is 25.4 Å². The van der Waals surface area contributed by atoms with Crippen LogP contribution in [0.1, 0.15) is 0 Å². The highest BCUT2D eigenvalue weighted by atomic mass is 32.2. The number of benzene rings is 3. The first-order valence-corrected chi connectivity index (χ1v) is 13.5. The molecule has 2 aliphatic heterocycles. The topological polar surface area (TPSA) is 112 Å². The average Bonchev–Trinajstić information content (AvgIpc) is 3.51. The molecule has 37 heavy (non-hydrogen) atoms.